The molecule has 1 fully saturated rings. The van der Waals surface area contributed by atoms with E-state index in [4.69, 9.17) is 4.74 Å². The number of aliphatic hydroxyl groups is 1. The van der Waals surface area contributed by atoms with Crippen LogP contribution in [-0.2, 0) is 9.53 Å². The van der Waals surface area contributed by atoms with Crippen molar-refractivity contribution in [2.45, 2.75) is 18.4 Å². The van der Waals surface area contributed by atoms with Crippen molar-refractivity contribution in [2.75, 3.05) is 7.11 Å². The number of esters is 1. The number of carbonyl (C=O) groups excluding carboxylic acids is 1. The molecule has 0 aliphatic heterocycles. The van der Waals surface area contributed by atoms with Crippen molar-refractivity contribution >= 4 is 12.0 Å². The third kappa shape index (κ3) is 2.89. The van der Waals surface area contributed by atoms with Crippen molar-refractivity contribution in [2.24, 2.45) is 11.8 Å². The number of methoxy groups -OCH3 is 1. The molecule has 2 aliphatic rings. The van der Waals surface area contributed by atoms with E-state index in [-0.39, 0.29) is 23.7 Å². The lowest BCUT2D eigenvalue weighted by atomic mass is 9.82. The first-order chi connectivity index (χ1) is 12.7. The van der Waals surface area contributed by atoms with Crippen molar-refractivity contribution in [3.63, 3.8) is 0 Å². The molecule has 0 saturated heterocycles. The highest BCUT2D eigenvalue weighted by Crippen LogP contribution is 2.53. The van der Waals surface area contributed by atoms with Gasteiger partial charge in [-0.05, 0) is 29.0 Å². The van der Waals surface area contributed by atoms with Crippen LogP contribution in [-0.4, -0.2) is 24.3 Å². The lowest BCUT2D eigenvalue weighted by molar-refractivity contribution is -0.136. The molecule has 0 bridgehead atoms. The molecule has 4 rings (SSSR count). The second-order valence-corrected chi connectivity index (χ2v) is 7.02. The van der Waals surface area contributed by atoms with Crippen LogP contribution in [0, 0.1) is 11.8 Å². The molecule has 3 heteroatoms. The molecule has 0 unspecified atom stereocenters. The van der Waals surface area contributed by atoms with Crippen molar-refractivity contribution in [1.29, 1.82) is 0 Å². The minimum Gasteiger partial charge on any atom is -0.466 e. The van der Waals surface area contributed by atoms with Crippen LogP contribution in [0.2, 0.25) is 0 Å². The minimum absolute atomic E-state index is 0.0371. The van der Waals surface area contributed by atoms with Gasteiger partial charge in [-0.1, -0.05) is 72.8 Å². The summed E-state index contributed by atoms with van der Waals surface area (Å²) in [6.45, 7) is 0. The Bertz CT molecular complexity index is 852. The first-order valence-electron chi connectivity index (χ1n) is 8.97. The van der Waals surface area contributed by atoms with E-state index >= 15 is 0 Å². The molecule has 0 radical (unpaired) electrons. The highest BCUT2D eigenvalue weighted by molar-refractivity contribution is 5.91. The van der Waals surface area contributed by atoms with Gasteiger partial charge in [-0.2, -0.15) is 0 Å². The van der Waals surface area contributed by atoms with E-state index in [2.05, 4.69) is 18.2 Å². The molecule has 2 aliphatic carbocycles. The van der Waals surface area contributed by atoms with E-state index < -0.39 is 6.10 Å². The summed E-state index contributed by atoms with van der Waals surface area (Å²) in [4.78, 5) is 12.3. The smallest absolute Gasteiger partial charge is 0.334 e. The van der Waals surface area contributed by atoms with Gasteiger partial charge in [0.25, 0.3) is 0 Å². The Hall–Kier alpha value is -2.65. The van der Waals surface area contributed by atoms with Crippen molar-refractivity contribution in [3.8, 4) is 0 Å². The molecule has 4 atom stereocenters. The first-order valence-corrected chi connectivity index (χ1v) is 8.97. The molecule has 3 nitrogen and oxygen atoms in total. The molecule has 2 aromatic rings. The van der Waals surface area contributed by atoms with Gasteiger partial charge in [0.05, 0.1) is 13.2 Å². The predicted octanol–water partition coefficient (Wildman–Crippen LogP) is 3.96. The van der Waals surface area contributed by atoms with E-state index in [1.807, 2.05) is 54.6 Å². The Kier molecular flexibility index (Phi) is 4.48. The van der Waals surface area contributed by atoms with Crippen LogP contribution in [0.15, 0.2) is 77.9 Å². The zero-order chi connectivity index (χ0) is 18.1. The first kappa shape index (κ1) is 16.8. The summed E-state index contributed by atoms with van der Waals surface area (Å²) in [5, 5.41) is 10.9. The van der Waals surface area contributed by atoms with E-state index in [9.17, 15) is 9.90 Å². The van der Waals surface area contributed by atoms with E-state index in [0.29, 0.717) is 5.57 Å². The Labute approximate surface area is 153 Å². The summed E-state index contributed by atoms with van der Waals surface area (Å²) in [6, 6.07) is 20.1. The van der Waals surface area contributed by atoms with Gasteiger partial charge in [-0.15, -0.1) is 0 Å². The van der Waals surface area contributed by atoms with Gasteiger partial charge in [0, 0.05) is 17.4 Å². The quantitative estimate of drug-likeness (QED) is 0.856. The topological polar surface area (TPSA) is 46.5 Å². The molecule has 26 heavy (non-hydrogen) atoms. The van der Waals surface area contributed by atoms with Gasteiger partial charge >= 0.3 is 5.97 Å². The lowest BCUT2D eigenvalue weighted by Gasteiger charge is -2.21. The van der Waals surface area contributed by atoms with E-state index in [0.717, 1.165) is 23.1 Å². The monoisotopic (exact) mass is 346 g/mol. The highest BCUT2D eigenvalue weighted by atomic mass is 16.5. The summed E-state index contributed by atoms with van der Waals surface area (Å²) in [6.07, 6.45) is 4.23. The standard InChI is InChI=1S/C23H22O3/c1-26-23(25)20-14-19-18(21(20)16-10-6-3-7-11-16)13-17(22(19)24)12-15-8-4-2-5-9-15/h2-12,14,18-19,21-22,24H,13H2,1H3/b17-12+/t18-,19-,21+,22+/m0/s1. The molecular weight excluding hydrogens is 324 g/mol. The molecule has 1 N–H and O–H groups in total. The molecule has 0 spiro atoms. The Balaban J connectivity index is 1.71. The number of fused-ring (bicyclic) bond motifs is 1. The number of hydrogen-bond donors (Lipinski definition) is 1. The van der Waals surface area contributed by atoms with Gasteiger partial charge < -0.3 is 9.84 Å². The van der Waals surface area contributed by atoms with Gasteiger partial charge in [0.2, 0.25) is 0 Å². The molecule has 0 aromatic heterocycles. The number of aliphatic hydroxyl groups excluding tert-OH is 1. The van der Waals surface area contributed by atoms with Crippen molar-refractivity contribution in [3.05, 3.63) is 89.0 Å². The maximum Gasteiger partial charge on any atom is 0.334 e. The second-order valence-electron chi connectivity index (χ2n) is 7.02. The van der Waals surface area contributed by atoms with Crippen LogP contribution in [0.1, 0.15) is 23.5 Å². The molecule has 1 saturated carbocycles. The highest BCUT2D eigenvalue weighted by Gasteiger charge is 2.49. The van der Waals surface area contributed by atoms with Crippen LogP contribution in [0.5, 0.6) is 0 Å². The van der Waals surface area contributed by atoms with Crippen LogP contribution >= 0.6 is 0 Å². The van der Waals surface area contributed by atoms with Crippen LogP contribution in [0.25, 0.3) is 6.08 Å². The van der Waals surface area contributed by atoms with Crippen LogP contribution in [0.3, 0.4) is 0 Å². The van der Waals surface area contributed by atoms with Gasteiger partial charge in [0.15, 0.2) is 0 Å². The average molecular weight is 346 g/mol. The maximum absolute atomic E-state index is 12.3. The Morgan fingerprint density at radius 2 is 1.73 bits per heavy atom. The number of benzene rings is 2. The molecule has 2 aromatic carbocycles. The fourth-order valence-corrected chi connectivity index (χ4v) is 4.41. The summed E-state index contributed by atoms with van der Waals surface area (Å²) in [7, 11) is 1.41. The summed E-state index contributed by atoms with van der Waals surface area (Å²) in [5.74, 6) is -0.209. The number of ether oxygens (including phenoxy) is 1. The number of rotatable bonds is 3. The van der Waals surface area contributed by atoms with Crippen LogP contribution in [0.4, 0.5) is 0 Å². The van der Waals surface area contributed by atoms with E-state index in [1.165, 1.54) is 7.11 Å². The SMILES string of the molecule is COC(=O)C1=C[C@H]2[C@H](C/C(=C\c3ccccc3)[C@H]2O)[C@H]1c1ccccc1. The van der Waals surface area contributed by atoms with E-state index in [1.54, 1.807) is 0 Å². The predicted molar refractivity (Wildman–Crippen MR) is 101 cm³/mol. The van der Waals surface area contributed by atoms with Gasteiger partial charge in [0.1, 0.15) is 0 Å². The maximum atomic E-state index is 12.3. The molecular formula is C23H22O3. The lowest BCUT2D eigenvalue weighted by Crippen LogP contribution is -2.18. The third-order valence-corrected chi connectivity index (χ3v) is 5.58. The second kappa shape index (κ2) is 6.93. The van der Waals surface area contributed by atoms with Crippen molar-refractivity contribution < 1.29 is 14.6 Å². The molecule has 132 valence electrons. The zero-order valence-corrected chi connectivity index (χ0v) is 14.7. The fourth-order valence-electron chi connectivity index (χ4n) is 4.41. The van der Waals surface area contributed by atoms with Crippen LogP contribution < -0.4 is 0 Å². The average Bonchev–Trinajstić information content (AvgIpc) is 3.20. The molecule has 0 heterocycles. The van der Waals surface area contributed by atoms with Crippen molar-refractivity contribution in [1.82, 2.24) is 0 Å². The number of carbonyl (C=O) groups is 1. The minimum atomic E-state index is -0.562. The Morgan fingerprint density at radius 1 is 1.08 bits per heavy atom. The fraction of sp³-hybridized carbons (Fsp3) is 0.261. The largest absolute Gasteiger partial charge is 0.466 e. The van der Waals surface area contributed by atoms with Gasteiger partial charge in [-0.25, -0.2) is 4.79 Å². The normalized spacial score (nSPS) is 28.7. The Morgan fingerprint density at radius 3 is 2.38 bits per heavy atom. The summed E-state index contributed by atoms with van der Waals surface area (Å²) in [5.41, 5.74) is 3.90. The summed E-state index contributed by atoms with van der Waals surface area (Å²) < 4.78 is 5.01. The van der Waals surface area contributed by atoms with Gasteiger partial charge in [-0.3, -0.25) is 0 Å². The molecule has 0 amide bonds. The number of hydrogen-bond acceptors (Lipinski definition) is 3. The zero-order valence-electron chi connectivity index (χ0n) is 14.7. The summed E-state index contributed by atoms with van der Waals surface area (Å²) >= 11 is 0. The third-order valence-electron chi connectivity index (χ3n) is 5.58.